The quantitative estimate of drug-likeness (QED) is 0.180. The number of benzene rings is 8. The summed E-state index contributed by atoms with van der Waals surface area (Å²) in [6.45, 7) is 4.67. The van der Waals surface area contributed by atoms with E-state index in [0.717, 1.165) is 50.3 Å². The van der Waals surface area contributed by atoms with Crippen molar-refractivity contribution in [3.05, 3.63) is 187 Å². The highest BCUT2D eigenvalue weighted by molar-refractivity contribution is 6.25. The molecule has 4 nitrogen and oxygen atoms in total. The van der Waals surface area contributed by atoms with Crippen LogP contribution in [0, 0.1) is 0 Å². The van der Waals surface area contributed by atoms with Crippen LogP contribution < -0.4 is 4.90 Å². The Morgan fingerprint density at radius 3 is 2.06 bits per heavy atom. The predicted octanol–water partition coefficient (Wildman–Crippen LogP) is 13.5. The van der Waals surface area contributed by atoms with Crippen molar-refractivity contribution in [1.82, 2.24) is 9.55 Å². The lowest BCUT2D eigenvalue weighted by molar-refractivity contribution is 0.620. The summed E-state index contributed by atoms with van der Waals surface area (Å²) in [5.74, 6) is 0.604. The third-order valence-electron chi connectivity index (χ3n) is 11.4. The van der Waals surface area contributed by atoms with Crippen molar-refractivity contribution < 1.29 is 4.42 Å². The van der Waals surface area contributed by atoms with Gasteiger partial charge in [0.2, 0.25) is 5.89 Å². The molecule has 0 saturated carbocycles. The van der Waals surface area contributed by atoms with Crippen LogP contribution in [-0.4, -0.2) is 9.55 Å². The molecule has 0 fully saturated rings. The first-order chi connectivity index (χ1) is 26.6. The SMILES string of the molecule is CC1(C)c2ccccc2-c2cc(N(c3cc4c(c5ccccc35)c3ccccc3n4-c3ccccc3)c3cccc4nc(-c5ccccc5)oc34)ccc21. The zero-order valence-corrected chi connectivity index (χ0v) is 30.0. The fourth-order valence-corrected chi connectivity index (χ4v) is 8.92. The molecule has 8 aromatic carbocycles. The molecular formula is C50H35N3O. The van der Waals surface area contributed by atoms with Gasteiger partial charge in [-0.25, -0.2) is 4.98 Å². The van der Waals surface area contributed by atoms with Crippen molar-refractivity contribution >= 4 is 60.7 Å². The summed E-state index contributed by atoms with van der Waals surface area (Å²) in [7, 11) is 0. The summed E-state index contributed by atoms with van der Waals surface area (Å²) >= 11 is 0. The molecule has 0 spiro atoms. The monoisotopic (exact) mass is 693 g/mol. The van der Waals surface area contributed by atoms with Crippen LogP contribution in [0.5, 0.6) is 0 Å². The van der Waals surface area contributed by atoms with Crippen molar-refractivity contribution in [1.29, 1.82) is 0 Å². The molecule has 2 aromatic heterocycles. The third kappa shape index (κ3) is 4.40. The maximum atomic E-state index is 6.77. The zero-order valence-electron chi connectivity index (χ0n) is 30.0. The van der Waals surface area contributed by atoms with Crippen LogP contribution in [0.1, 0.15) is 25.0 Å². The van der Waals surface area contributed by atoms with E-state index in [2.05, 4.69) is 163 Å². The zero-order chi connectivity index (χ0) is 36.0. The van der Waals surface area contributed by atoms with Gasteiger partial charge in [0.1, 0.15) is 5.52 Å². The molecule has 54 heavy (non-hydrogen) atoms. The fraction of sp³-hybridized carbons (Fsp3) is 0.0600. The van der Waals surface area contributed by atoms with Gasteiger partial charge in [0.25, 0.3) is 0 Å². The maximum absolute atomic E-state index is 6.77. The van der Waals surface area contributed by atoms with E-state index in [4.69, 9.17) is 9.40 Å². The second-order valence-electron chi connectivity index (χ2n) is 14.8. The molecule has 0 bridgehead atoms. The summed E-state index contributed by atoms with van der Waals surface area (Å²) in [5, 5.41) is 4.82. The average molecular weight is 694 g/mol. The Morgan fingerprint density at radius 2 is 1.22 bits per heavy atom. The van der Waals surface area contributed by atoms with Gasteiger partial charge in [0.05, 0.1) is 22.4 Å². The number of anilines is 3. The lowest BCUT2D eigenvalue weighted by Crippen LogP contribution is -2.15. The molecule has 256 valence electrons. The molecule has 0 saturated heterocycles. The highest BCUT2D eigenvalue weighted by atomic mass is 16.3. The van der Waals surface area contributed by atoms with Crippen LogP contribution in [0.4, 0.5) is 17.1 Å². The minimum absolute atomic E-state index is 0.104. The number of oxazole rings is 1. The number of fused-ring (bicyclic) bond motifs is 9. The van der Waals surface area contributed by atoms with Gasteiger partial charge in [-0.2, -0.15) is 0 Å². The first kappa shape index (κ1) is 30.7. The van der Waals surface area contributed by atoms with E-state index in [9.17, 15) is 0 Å². The summed E-state index contributed by atoms with van der Waals surface area (Å²) in [5.41, 5.74) is 14.1. The highest BCUT2D eigenvalue weighted by Gasteiger charge is 2.36. The van der Waals surface area contributed by atoms with Gasteiger partial charge < -0.3 is 13.9 Å². The molecule has 0 atom stereocenters. The lowest BCUT2D eigenvalue weighted by atomic mass is 9.82. The average Bonchev–Trinajstić information content (AvgIpc) is 3.88. The van der Waals surface area contributed by atoms with Crippen molar-refractivity contribution in [2.45, 2.75) is 19.3 Å². The summed E-state index contributed by atoms with van der Waals surface area (Å²) < 4.78 is 9.18. The number of aromatic nitrogens is 2. The Bertz CT molecular complexity index is 3080. The van der Waals surface area contributed by atoms with Crippen LogP contribution in [-0.2, 0) is 5.41 Å². The molecule has 0 unspecified atom stereocenters. The number of rotatable bonds is 5. The molecule has 10 aromatic rings. The minimum atomic E-state index is -0.104. The standard InChI is InChI=1S/C50H35N3O/c1-50(2)40-24-13-11-20-35(40)39-30-34(28-29-41(39)50)53(44-27-15-25-42-48(44)54-49(51-42)32-16-5-3-6-17-32)45-31-46-47(37-22-10-9-21-36(37)45)38-23-12-14-26-43(38)52(46)33-18-7-4-8-19-33/h3-31H,1-2H3. The first-order valence-electron chi connectivity index (χ1n) is 18.6. The molecule has 1 aliphatic rings. The van der Waals surface area contributed by atoms with Gasteiger partial charge in [0, 0.05) is 38.5 Å². The molecule has 0 N–H and O–H groups in total. The van der Waals surface area contributed by atoms with E-state index in [1.165, 1.54) is 43.9 Å². The smallest absolute Gasteiger partial charge is 0.227 e. The van der Waals surface area contributed by atoms with Crippen molar-refractivity contribution in [3.8, 4) is 28.3 Å². The lowest BCUT2D eigenvalue weighted by Gasteiger charge is -2.28. The summed E-state index contributed by atoms with van der Waals surface area (Å²) in [6, 6.07) is 63.0. The van der Waals surface area contributed by atoms with Gasteiger partial charge in [-0.15, -0.1) is 0 Å². The second-order valence-corrected chi connectivity index (χ2v) is 14.8. The largest absolute Gasteiger partial charge is 0.434 e. The number of nitrogens with zero attached hydrogens (tertiary/aromatic N) is 3. The third-order valence-corrected chi connectivity index (χ3v) is 11.4. The van der Waals surface area contributed by atoms with E-state index < -0.39 is 0 Å². The van der Waals surface area contributed by atoms with Crippen LogP contribution >= 0.6 is 0 Å². The van der Waals surface area contributed by atoms with E-state index in [1.807, 2.05) is 36.4 Å². The Kier molecular flexibility index (Phi) is 6.56. The molecule has 4 heteroatoms. The summed E-state index contributed by atoms with van der Waals surface area (Å²) in [4.78, 5) is 7.41. The van der Waals surface area contributed by atoms with Crippen LogP contribution in [0.3, 0.4) is 0 Å². The van der Waals surface area contributed by atoms with E-state index in [-0.39, 0.29) is 5.41 Å². The number of para-hydroxylation sites is 3. The van der Waals surface area contributed by atoms with Gasteiger partial charge >= 0.3 is 0 Å². The molecule has 0 radical (unpaired) electrons. The Balaban J connectivity index is 1.26. The second kappa shape index (κ2) is 11.5. The highest BCUT2D eigenvalue weighted by Crippen LogP contribution is 2.52. The van der Waals surface area contributed by atoms with Crippen molar-refractivity contribution in [2.24, 2.45) is 0 Å². The first-order valence-corrected chi connectivity index (χ1v) is 18.6. The maximum Gasteiger partial charge on any atom is 0.227 e. The van der Waals surface area contributed by atoms with Crippen molar-refractivity contribution in [2.75, 3.05) is 4.90 Å². The Morgan fingerprint density at radius 1 is 0.537 bits per heavy atom. The van der Waals surface area contributed by atoms with Gasteiger partial charge in [-0.05, 0) is 88.3 Å². The van der Waals surface area contributed by atoms with E-state index in [1.54, 1.807) is 0 Å². The van der Waals surface area contributed by atoms with E-state index in [0.29, 0.717) is 5.89 Å². The predicted molar refractivity (Wildman–Crippen MR) is 224 cm³/mol. The Hall–Kier alpha value is -6.91. The van der Waals surface area contributed by atoms with Gasteiger partial charge in [-0.3, -0.25) is 0 Å². The van der Waals surface area contributed by atoms with Crippen LogP contribution in [0.15, 0.2) is 180 Å². The minimum Gasteiger partial charge on any atom is -0.434 e. The van der Waals surface area contributed by atoms with Crippen molar-refractivity contribution in [3.63, 3.8) is 0 Å². The van der Waals surface area contributed by atoms with Gasteiger partial charge in [-0.1, -0.05) is 129 Å². The fourth-order valence-electron chi connectivity index (χ4n) is 8.92. The molecule has 2 heterocycles. The number of hydrogen-bond acceptors (Lipinski definition) is 3. The normalized spacial score (nSPS) is 13.1. The molecule has 0 amide bonds. The number of hydrogen-bond donors (Lipinski definition) is 0. The van der Waals surface area contributed by atoms with Gasteiger partial charge in [0.15, 0.2) is 5.58 Å². The topological polar surface area (TPSA) is 34.2 Å². The Labute approximate surface area is 313 Å². The molecule has 11 rings (SSSR count). The van der Waals surface area contributed by atoms with Crippen LogP contribution in [0.25, 0.3) is 71.9 Å². The molecule has 1 aliphatic carbocycles. The van der Waals surface area contributed by atoms with E-state index >= 15 is 0 Å². The summed E-state index contributed by atoms with van der Waals surface area (Å²) in [6.07, 6.45) is 0. The molecular weight excluding hydrogens is 659 g/mol. The van der Waals surface area contributed by atoms with Crippen LogP contribution in [0.2, 0.25) is 0 Å². The molecule has 0 aliphatic heterocycles.